The Morgan fingerprint density at radius 2 is 2.18 bits per heavy atom. The zero-order chi connectivity index (χ0) is 12.3. The van der Waals surface area contributed by atoms with Gasteiger partial charge in [-0.2, -0.15) is 5.10 Å². The molecule has 1 N–H and O–H groups in total. The van der Waals surface area contributed by atoms with Gasteiger partial charge in [-0.3, -0.25) is 9.67 Å². The molecule has 0 bridgehead atoms. The number of halogens is 2. The highest BCUT2D eigenvalue weighted by atomic mass is 79.9. The molecule has 6 heteroatoms. The van der Waals surface area contributed by atoms with Gasteiger partial charge in [0.1, 0.15) is 0 Å². The minimum Gasteiger partial charge on any atom is -0.305 e. The van der Waals surface area contributed by atoms with Crippen LogP contribution in [0.5, 0.6) is 0 Å². The zero-order valence-electron chi connectivity index (χ0n) is 9.32. The molecule has 90 valence electrons. The molecule has 2 heterocycles. The third kappa shape index (κ3) is 3.37. The molecule has 2 aromatic rings. The molecule has 0 aromatic carbocycles. The Labute approximate surface area is 117 Å². The summed E-state index contributed by atoms with van der Waals surface area (Å²) < 4.78 is 3.83. The highest BCUT2D eigenvalue weighted by molar-refractivity contribution is 9.11. The van der Waals surface area contributed by atoms with E-state index >= 15 is 0 Å². The van der Waals surface area contributed by atoms with Crippen molar-refractivity contribution >= 4 is 31.9 Å². The van der Waals surface area contributed by atoms with Crippen molar-refractivity contribution in [3.63, 3.8) is 0 Å². The molecule has 0 unspecified atom stereocenters. The Bertz CT molecular complexity index is 510. The Balaban J connectivity index is 1.92. The Hall–Kier alpha value is -0.720. The molecule has 0 aliphatic heterocycles. The van der Waals surface area contributed by atoms with Crippen LogP contribution >= 0.6 is 31.9 Å². The van der Waals surface area contributed by atoms with Crippen LogP contribution in [-0.2, 0) is 20.1 Å². The molecule has 2 aromatic heterocycles. The van der Waals surface area contributed by atoms with Gasteiger partial charge in [0.05, 0.1) is 11.4 Å². The van der Waals surface area contributed by atoms with Crippen molar-refractivity contribution in [2.45, 2.75) is 13.1 Å². The maximum absolute atomic E-state index is 4.34. The second-order valence-corrected chi connectivity index (χ2v) is 5.40. The van der Waals surface area contributed by atoms with Gasteiger partial charge in [-0.25, -0.2) is 0 Å². The van der Waals surface area contributed by atoms with Crippen molar-refractivity contribution in [2.75, 3.05) is 0 Å². The number of aryl methyl sites for hydroxylation is 1. The smallest absolute Gasteiger partial charge is 0.0684 e. The van der Waals surface area contributed by atoms with E-state index in [9.17, 15) is 0 Å². The molecule has 0 saturated heterocycles. The van der Waals surface area contributed by atoms with Crippen molar-refractivity contribution in [3.05, 3.63) is 44.9 Å². The highest BCUT2D eigenvalue weighted by Gasteiger charge is 2.03. The maximum atomic E-state index is 4.34. The van der Waals surface area contributed by atoms with E-state index < -0.39 is 0 Å². The summed E-state index contributed by atoms with van der Waals surface area (Å²) in [4.78, 5) is 4.34. The first-order valence-corrected chi connectivity index (χ1v) is 6.73. The molecule has 0 radical (unpaired) electrons. The second-order valence-electron chi connectivity index (χ2n) is 3.63. The number of hydrogen-bond acceptors (Lipinski definition) is 3. The highest BCUT2D eigenvalue weighted by Crippen LogP contribution is 2.19. The minimum atomic E-state index is 0.721. The molecule has 17 heavy (non-hydrogen) atoms. The van der Waals surface area contributed by atoms with Gasteiger partial charge in [-0.15, -0.1) is 0 Å². The van der Waals surface area contributed by atoms with Crippen molar-refractivity contribution in [2.24, 2.45) is 7.05 Å². The average Bonchev–Trinajstić information content (AvgIpc) is 2.68. The van der Waals surface area contributed by atoms with E-state index in [2.05, 4.69) is 47.3 Å². The Morgan fingerprint density at radius 1 is 1.35 bits per heavy atom. The number of hydrogen-bond donors (Lipinski definition) is 1. The number of rotatable bonds is 4. The molecule has 0 spiro atoms. The lowest BCUT2D eigenvalue weighted by molar-refractivity contribution is 0.618. The van der Waals surface area contributed by atoms with Crippen LogP contribution in [-0.4, -0.2) is 14.8 Å². The van der Waals surface area contributed by atoms with Crippen molar-refractivity contribution in [3.8, 4) is 0 Å². The topological polar surface area (TPSA) is 42.7 Å². The summed E-state index contributed by atoms with van der Waals surface area (Å²) in [5, 5.41) is 7.45. The predicted molar refractivity (Wildman–Crippen MR) is 73.4 cm³/mol. The number of pyridine rings is 1. The second kappa shape index (κ2) is 5.75. The van der Waals surface area contributed by atoms with Crippen LogP contribution in [0.1, 0.15) is 11.4 Å². The largest absolute Gasteiger partial charge is 0.305 e. The zero-order valence-corrected chi connectivity index (χ0v) is 12.5. The standard InChI is InChI=1S/C11H12Br2N4/c1-17-9(2-3-16-17)6-14-7-11-10(13)4-8(12)5-15-11/h2-5,14H,6-7H2,1H3. The molecule has 0 aliphatic carbocycles. The van der Waals surface area contributed by atoms with E-state index in [1.54, 1.807) is 12.4 Å². The third-order valence-corrected chi connectivity index (χ3v) is 3.53. The summed E-state index contributed by atoms with van der Waals surface area (Å²) in [5.74, 6) is 0. The molecular weight excluding hydrogens is 348 g/mol. The lowest BCUT2D eigenvalue weighted by Crippen LogP contribution is -2.16. The number of aromatic nitrogens is 3. The van der Waals surface area contributed by atoms with Crippen molar-refractivity contribution < 1.29 is 0 Å². The maximum Gasteiger partial charge on any atom is 0.0684 e. The van der Waals surface area contributed by atoms with Gasteiger partial charge >= 0.3 is 0 Å². The fourth-order valence-corrected chi connectivity index (χ4v) is 2.58. The molecular formula is C11H12Br2N4. The monoisotopic (exact) mass is 358 g/mol. The fourth-order valence-electron chi connectivity index (χ4n) is 1.46. The van der Waals surface area contributed by atoms with Gasteiger partial charge in [-0.05, 0) is 44.0 Å². The fraction of sp³-hybridized carbons (Fsp3) is 0.273. The summed E-state index contributed by atoms with van der Waals surface area (Å²) in [6, 6.07) is 3.99. The van der Waals surface area contributed by atoms with Gasteiger partial charge in [0.25, 0.3) is 0 Å². The van der Waals surface area contributed by atoms with Gasteiger partial charge in [0.2, 0.25) is 0 Å². The normalized spacial score (nSPS) is 10.8. The third-order valence-electron chi connectivity index (χ3n) is 2.41. The van der Waals surface area contributed by atoms with E-state index in [1.165, 1.54) is 0 Å². The minimum absolute atomic E-state index is 0.721. The predicted octanol–water partition coefficient (Wildman–Crippen LogP) is 2.63. The summed E-state index contributed by atoms with van der Waals surface area (Å²) in [6.45, 7) is 1.50. The van der Waals surface area contributed by atoms with E-state index in [-0.39, 0.29) is 0 Å². The number of nitrogens with one attached hydrogen (secondary N) is 1. The van der Waals surface area contributed by atoms with Crippen LogP contribution in [0.3, 0.4) is 0 Å². The molecule has 0 aliphatic rings. The quantitative estimate of drug-likeness (QED) is 0.912. The summed E-state index contributed by atoms with van der Waals surface area (Å²) in [7, 11) is 1.94. The molecule has 4 nitrogen and oxygen atoms in total. The molecule has 2 rings (SSSR count). The Morgan fingerprint density at radius 3 is 2.82 bits per heavy atom. The molecule has 0 saturated carbocycles. The summed E-state index contributed by atoms with van der Waals surface area (Å²) in [5.41, 5.74) is 2.15. The van der Waals surface area contributed by atoms with Gasteiger partial charge < -0.3 is 5.32 Å². The van der Waals surface area contributed by atoms with E-state index in [0.29, 0.717) is 0 Å². The van der Waals surface area contributed by atoms with E-state index in [1.807, 2.05) is 23.9 Å². The molecule has 0 amide bonds. The van der Waals surface area contributed by atoms with Gasteiger partial charge in [0.15, 0.2) is 0 Å². The Kier molecular flexibility index (Phi) is 4.31. The lowest BCUT2D eigenvalue weighted by Gasteiger charge is -2.06. The van der Waals surface area contributed by atoms with Crippen LogP contribution in [0.25, 0.3) is 0 Å². The SMILES string of the molecule is Cn1nccc1CNCc1ncc(Br)cc1Br. The first-order chi connectivity index (χ1) is 8.16. The van der Waals surface area contributed by atoms with Crippen LogP contribution in [0.15, 0.2) is 33.5 Å². The van der Waals surface area contributed by atoms with Gasteiger partial charge in [-0.1, -0.05) is 0 Å². The van der Waals surface area contributed by atoms with Crippen LogP contribution in [0.4, 0.5) is 0 Å². The van der Waals surface area contributed by atoms with Crippen molar-refractivity contribution in [1.29, 1.82) is 0 Å². The van der Waals surface area contributed by atoms with Crippen LogP contribution in [0, 0.1) is 0 Å². The summed E-state index contributed by atoms with van der Waals surface area (Å²) in [6.07, 6.45) is 3.59. The first-order valence-electron chi connectivity index (χ1n) is 5.14. The molecule has 0 fully saturated rings. The van der Waals surface area contributed by atoms with Gasteiger partial charge in [0, 0.05) is 41.5 Å². The number of nitrogens with zero attached hydrogens (tertiary/aromatic N) is 3. The average molecular weight is 360 g/mol. The van der Waals surface area contributed by atoms with Crippen molar-refractivity contribution in [1.82, 2.24) is 20.1 Å². The first kappa shape index (κ1) is 12.7. The van der Waals surface area contributed by atoms with Crippen LogP contribution in [0.2, 0.25) is 0 Å². The van der Waals surface area contributed by atoms with E-state index in [0.717, 1.165) is 33.4 Å². The van der Waals surface area contributed by atoms with E-state index in [4.69, 9.17) is 0 Å². The lowest BCUT2D eigenvalue weighted by atomic mass is 10.3. The molecule has 0 atom stereocenters. The van der Waals surface area contributed by atoms with Crippen LogP contribution < -0.4 is 5.32 Å². The summed E-state index contributed by atoms with van der Waals surface area (Å²) >= 11 is 6.87.